The van der Waals surface area contributed by atoms with Gasteiger partial charge in [0.15, 0.2) is 0 Å². The molecular formula is C17H22O4. The number of aliphatic carboxylic acids is 1. The highest BCUT2D eigenvalue weighted by Crippen LogP contribution is 2.59. The van der Waals surface area contributed by atoms with Crippen LogP contribution in [-0.2, 0) is 11.2 Å². The van der Waals surface area contributed by atoms with E-state index < -0.39 is 5.97 Å². The first-order valence-electron chi connectivity index (χ1n) is 7.85. The molecule has 0 amide bonds. The summed E-state index contributed by atoms with van der Waals surface area (Å²) in [5.41, 5.74) is 3.25. The Morgan fingerprint density at radius 3 is 2.71 bits per heavy atom. The van der Waals surface area contributed by atoms with E-state index in [0.29, 0.717) is 17.6 Å². The molecule has 0 radical (unpaired) electrons. The number of hydrogen-bond acceptors (Lipinski definition) is 3. The molecule has 0 unspecified atom stereocenters. The third kappa shape index (κ3) is 2.47. The van der Waals surface area contributed by atoms with Crippen molar-refractivity contribution < 1.29 is 19.7 Å². The Bertz CT molecular complexity index is 564. The molecule has 2 aliphatic carbocycles. The molecule has 114 valence electrons. The Morgan fingerprint density at radius 1 is 1.33 bits per heavy atom. The molecule has 1 saturated carbocycles. The normalized spacial score (nSPS) is 22.3. The van der Waals surface area contributed by atoms with Crippen molar-refractivity contribution in [2.45, 2.75) is 57.3 Å². The lowest BCUT2D eigenvalue weighted by Gasteiger charge is -2.23. The van der Waals surface area contributed by atoms with Gasteiger partial charge in [-0.2, -0.15) is 0 Å². The molecular weight excluding hydrogens is 268 g/mol. The molecule has 0 aliphatic heterocycles. The second-order valence-corrected chi connectivity index (χ2v) is 6.16. The lowest BCUT2D eigenvalue weighted by Crippen LogP contribution is -2.10. The van der Waals surface area contributed by atoms with Gasteiger partial charge in [-0.3, -0.25) is 4.79 Å². The zero-order valence-electron chi connectivity index (χ0n) is 12.4. The summed E-state index contributed by atoms with van der Waals surface area (Å²) >= 11 is 0. The van der Waals surface area contributed by atoms with Crippen LogP contribution in [-0.4, -0.2) is 22.8 Å². The van der Waals surface area contributed by atoms with E-state index in [0.717, 1.165) is 49.0 Å². The molecule has 1 fully saturated rings. The minimum atomic E-state index is -0.844. The lowest BCUT2D eigenvalue weighted by atomic mass is 9.87. The van der Waals surface area contributed by atoms with Gasteiger partial charge in [0.1, 0.15) is 11.5 Å². The molecule has 21 heavy (non-hydrogen) atoms. The fourth-order valence-electron chi connectivity index (χ4n) is 3.95. The van der Waals surface area contributed by atoms with Gasteiger partial charge in [-0.25, -0.2) is 0 Å². The molecule has 0 aromatic heterocycles. The van der Waals surface area contributed by atoms with E-state index in [9.17, 15) is 9.90 Å². The van der Waals surface area contributed by atoms with Gasteiger partial charge in [-0.1, -0.05) is 13.3 Å². The van der Waals surface area contributed by atoms with Crippen molar-refractivity contribution in [2.24, 2.45) is 0 Å². The van der Waals surface area contributed by atoms with Gasteiger partial charge in [-0.15, -0.1) is 0 Å². The van der Waals surface area contributed by atoms with Crippen molar-refractivity contribution >= 4 is 5.97 Å². The van der Waals surface area contributed by atoms with E-state index in [1.165, 1.54) is 5.56 Å². The maximum Gasteiger partial charge on any atom is 0.306 e. The summed E-state index contributed by atoms with van der Waals surface area (Å²) < 4.78 is 5.86. The van der Waals surface area contributed by atoms with Crippen LogP contribution in [0.3, 0.4) is 0 Å². The van der Waals surface area contributed by atoms with Gasteiger partial charge in [0.05, 0.1) is 13.0 Å². The summed E-state index contributed by atoms with van der Waals surface area (Å²) in [6, 6.07) is 1.83. The number of aryl methyl sites for hydroxylation is 1. The molecule has 2 bridgehead atoms. The number of ether oxygens (including phenoxy) is 1. The van der Waals surface area contributed by atoms with Gasteiger partial charge < -0.3 is 14.9 Å². The second-order valence-electron chi connectivity index (χ2n) is 6.16. The van der Waals surface area contributed by atoms with Crippen molar-refractivity contribution in [3.63, 3.8) is 0 Å². The standard InChI is InChI=1S/C17H22O4/c1-2-3-12-9-13(18)15-10-4-5-11(8-10)16(15)17(12)21-7-6-14(19)20/h9-11,18H,2-8H2,1H3,(H,19,20)/t10-,11+/m0/s1. The van der Waals surface area contributed by atoms with Gasteiger partial charge in [0.2, 0.25) is 0 Å². The van der Waals surface area contributed by atoms with Crippen molar-refractivity contribution in [3.05, 3.63) is 22.8 Å². The molecule has 0 saturated heterocycles. The number of phenols is 1. The topological polar surface area (TPSA) is 66.8 Å². The van der Waals surface area contributed by atoms with E-state index in [-0.39, 0.29) is 13.0 Å². The lowest BCUT2D eigenvalue weighted by molar-refractivity contribution is -0.137. The molecule has 2 N–H and O–H groups in total. The zero-order chi connectivity index (χ0) is 15.0. The number of rotatable bonds is 6. The fraction of sp³-hybridized carbons (Fsp3) is 0.588. The molecule has 4 heteroatoms. The van der Waals surface area contributed by atoms with Gasteiger partial charge in [-0.05, 0) is 49.1 Å². The summed E-state index contributed by atoms with van der Waals surface area (Å²) in [4.78, 5) is 10.7. The maximum absolute atomic E-state index is 10.7. The Labute approximate surface area is 124 Å². The summed E-state index contributed by atoms with van der Waals surface area (Å²) in [6.07, 6.45) is 5.24. The Morgan fingerprint density at radius 2 is 2.05 bits per heavy atom. The fourth-order valence-corrected chi connectivity index (χ4v) is 3.95. The van der Waals surface area contributed by atoms with Crippen LogP contribution in [0.25, 0.3) is 0 Å². The highest BCUT2D eigenvalue weighted by atomic mass is 16.5. The molecule has 0 heterocycles. The molecule has 1 aromatic carbocycles. The molecule has 4 nitrogen and oxygen atoms in total. The Kier molecular flexibility index (Phi) is 3.79. The van der Waals surface area contributed by atoms with E-state index in [4.69, 9.17) is 9.84 Å². The first kappa shape index (κ1) is 14.2. The third-order valence-corrected chi connectivity index (χ3v) is 4.74. The van der Waals surface area contributed by atoms with E-state index in [2.05, 4.69) is 6.92 Å². The number of phenolic OH excluding ortho intramolecular Hbond substituents is 1. The number of benzene rings is 1. The summed E-state index contributed by atoms with van der Waals surface area (Å²) in [7, 11) is 0. The minimum absolute atomic E-state index is 0.00924. The van der Waals surface area contributed by atoms with Crippen LogP contribution < -0.4 is 4.74 Å². The largest absolute Gasteiger partial charge is 0.508 e. The van der Waals surface area contributed by atoms with Crippen LogP contribution >= 0.6 is 0 Å². The average Bonchev–Trinajstić information content (AvgIpc) is 3.03. The van der Waals surface area contributed by atoms with Crippen molar-refractivity contribution in [2.75, 3.05) is 6.61 Å². The van der Waals surface area contributed by atoms with E-state index in [1.807, 2.05) is 6.07 Å². The number of fused-ring (bicyclic) bond motifs is 5. The smallest absolute Gasteiger partial charge is 0.306 e. The number of aromatic hydroxyl groups is 1. The Balaban J connectivity index is 1.97. The number of carboxylic acid groups (broad SMARTS) is 1. The Hall–Kier alpha value is -1.71. The van der Waals surface area contributed by atoms with Crippen LogP contribution in [0.15, 0.2) is 6.07 Å². The van der Waals surface area contributed by atoms with Crippen molar-refractivity contribution in [1.82, 2.24) is 0 Å². The van der Waals surface area contributed by atoms with Crippen LogP contribution in [0.5, 0.6) is 11.5 Å². The molecule has 0 spiro atoms. The van der Waals surface area contributed by atoms with Crippen LogP contribution in [0.4, 0.5) is 0 Å². The molecule has 2 atom stereocenters. The first-order chi connectivity index (χ1) is 10.1. The number of hydrogen-bond donors (Lipinski definition) is 2. The van der Waals surface area contributed by atoms with Crippen molar-refractivity contribution in [1.29, 1.82) is 0 Å². The summed E-state index contributed by atoms with van der Waals surface area (Å²) in [5, 5.41) is 19.1. The highest BCUT2D eigenvalue weighted by Gasteiger charge is 2.41. The van der Waals surface area contributed by atoms with E-state index >= 15 is 0 Å². The molecule has 1 aromatic rings. The SMILES string of the molecule is CCCc1cc(O)c2c(c1OCCC(=O)O)[C@@H]1CC[C@H]2C1. The predicted molar refractivity (Wildman–Crippen MR) is 79.2 cm³/mol. The number of carbonyl (C=O) groups is 1. The van der Waals surface area contributed by atoms with Gasteiger partial charge in [0, 0.05) is 11.1 Å². The van der Waals surface area contributed by atoms with Crippen LogP contribution in [0.2, 0.25) is 0 Å². The highest BCUT2D eigenvalue weighted by molar-refractivity contribution is 5.67. The third-order valence-electron chi connectivity index (χ3n) is 4.74. The first-order valence-corrected chi connectivity index (χ1v) is 7.85. The summed E-state index contributed by atoms with van der Waals surface area (Å²) in [5.74, 6) is 1.36. The minimum Gasteiger partial charge on any atom is -0.508 e. The summed E-state index contributed by atoms with van der Waals surface area (Å²) in [6.45, 7) is 2.29. The van der Waals surface area contributed by atoms with Gasteiger partial charge in [0.25, 0.3) is 0 Å². The molecule has 3 rings (SSSR count). The van der Waals surface area contributed by atoms with Gasteiger partial charge >= 0.3 is 5.97 Å². The quantitative estimate of drug-likeness (QED) is 0.840. The number of carboxylic acids is 1. The molecule has 2 aliphatic rings. The monoisotopic (exact) mass is 290 g/mol. The van der Waals surface area contributed by atoms with Crippen LogP contribution in [0.1, 0.15) is 67.6 Å². The van der Waals surface area contributed by atoms with Crippen LogP contribution in [0, 0.1) is 0 Å². The second kappa shape index (κ2) is 5.58. The van der Waals surface area contributed by atoms with E-state index in [1.54, 1.807) is 0 Å². The van der Waals surface area contributed by atoms with Crippen molar-refractivity contribution in [3.8, 4) is 11.5 Å². The zero-order valence-corrected chi connectivity index (χ0v) is 12.4. The maximum atomic E-state index is 10.7. The predicted octanol–water partition coefficient (Wildman–Crippen LogP) is 3.56. The average molecular weight is 290 g/mol.